The van der Waals surface area contributed by atoms with Crippen molar-refractivity contribution in [3.05, 3.63) is 163 Å². The third-order valence-corrected chi connectivity index (χ3v) is 7.32. The number of aliphatic hydroxyl groups excluding tert-OH is 1. The lowest BCUT2D eigenvalue weighted by Gasteiger charge is -2.26. The molecule has 42 heavy (non-hydrogen) atoms. The van der Waals surface area contributed by atoms with Gasteiger partial charge in [-0.2, -0.15) is 0 Å². The molecule has 0 fully saturated rings. The first kappa shape index (κ1) is 26.9. The van der Waals surface area contributed by atoms with Crippen LogP contribution in [-0.4, -0.2) is 16.8 Å². The van der Waals surface area contributed by atoms with Crippen LogP contribution in [0.15, 0.2) is 158 Å². The van der Waals surface area contributed by atoms with Gasteiger partial charge in [-0.3, -0.25) is 0 Å². The maximum absolute atomic E-state index is 9.83. The summed E-state index contributed by atoms with van der Waals surface area (Å²) in [4.78, 5) is 4.42. The molecular weight excluding hydrogens is 516 g/mol. The van der Waals surface area contributed by atoms with Gasteiger partial charge >= 0.3 is 0 Å². The molecule has 0 saturated carbocycles. The van der Waals surface area contributed by atoms with Gasteiger partial charge in [0.1, 0.15) is 5.75 Å². The Balaban J connectivity index is 1.30. The van der Waals surface area contributed by atoms with Crippen LogP contribution in [0.2, 0.25) is 0 Å². The first-order valence-electron chi connectivity index (χ1n) is 14.1. The number of benzene rings is 6. The Bertz CT molecular complexity index is 1700. The summed E-state index contributed by atoms with van der Waals surface area (Å²) in [5.74, 6) is 0.245. The molecule has 0 radical (unpaired) electrons. The summed E-state index contributed by atoms with van der Waals surface area (Å²) in [7, 11) is 0. The van der Waals surface area contributed by atoms with Gasteiger partial charge < -0.3 is 20.0 Å². The smallest absolute Gasteiger partial charge is 0.115 e. The van der Waals surface area contributed by atoms with E-state index in [9.17, 15) is 10.2 Å². The second-order valence-electron chi connectivity index (χ2n) is 10.1. The van der Waals surface area contributed by atoms with Crippen molar-refractivity contribution < 1.29 is 10.2 Å². The van der Waals surface area contributed by atoms with E-state index in [1.807, 2.05) is 36.4 Å². The van der Waals surface area contributed by atoms with Gasteiger partial charge in [0.25, 0.3) is 0 Å². The molecule has 4 nitrogen and oxygen atoms in total. The molecule has 0 aliphatic carbocycles. The number of aliphatic hydroxyl groups is 1. The van der Waals surface area contributed by atoms with Crippen LogP contribution in [0.1, 0.15) is 5.56 Å². The highest BCUT2D eigenvalue weighted by Gasteiger charge is 2.14. The molecule has 0 atom stereocenters. The number of rotatable bonds is 9. The number of hydrogen-bond donors (Lipinski definition) is 2. The van der Waals surface area contributed by atoms with Gasteiger partial charge in [-0.15, -0.1) is 0 Å². The van der Waals surface area contributed by atoms with Gasteiger partial charge in [0.2, 0.25) is 0 Å². The first-order chi connectivity index (χ1) is 20.7. The van der Waals surface area contributed by atoms with Gasteiger partial charge in [-0.1, -0.05) is 72.8 Å². The molecule has 206 valence electrons. The highest BCUT2D eigenvalue weighted by atomic mass is 16.3. The molecule has 6 aromatic rings. The monoisotopic (exact) mass is 548 g/mol. The zero-order chi connectivity index (χ0) is 28.7. The summed E-state index contributed by atoms with van der Waals surface area (Å²) in [6.45, 7) is 0.144. The van der Waals surface area contributed by atoms with E-state index >= 15 is 0 Å². The molecule has 2 N–H and O–H groups in total. The van der Waals surface area contributed by atoms with Crippen LogP contribution in [0.4, 0.5) is 34.1 Å². The average molecular weight is 549 g/mol. The van der Waals surface area contributed by atoms with Crippen molar-refractivity contribution in [1.82, 2.24) is 0 Å². The Morgan fingerprint density at radius 2 is 0.714 bits per heavy atom. The fraction of sp³-hybridized carbons (Fsp3) is 0.0526. The van der Waals surface area contributed by atoms with Gasteiger partial charge in [0, 0.05) is 40.7 Å². The number of phenolic OH excluding ortho intramolecular Hbond substituents is 1. The summed E-state index contributed by atoms with van der Waals surface area (Å²) in [5, 5.41) is 19.1. The van der Waals surface area contributed by atoms with E-state index in [1.54, 1.807) is 12.1 Å². The second kappa shape index (κ2) is 12.5. The van der Waals surface area contributed by atoms with Crippen molar-refractivity contribution in [2.24, 2.45) is 0 Å². The van der Waals surface area contributed by atoms with E-state index in [1.165, 1.54) is 0 Å². The molecule has 4 heteroatoms. The fourth-order valence-electron chi connectivity index (χ4n) is 5.20. The van der Waals surface area contributed by atoms with Crippen LogP contribution >= 0.6 is 0 Å². The lowest BCUT2D eigenvalue weighted by molar-refractivity contribution is 0.299. The van der Waals surface area contributed by atoms with Crippen molar-refractivity contribution >= 4 is 34.1 Å². The fourth-order valence-corrected chi connectivity index (χ4v) is 5.20. The van der Waals surface area contributed by atoms with Crippen molar-refractivity contribution in [3.63, 3.8) is 0 Å². The van der Waals surface area contributed by atoms with E-state index in [0.717, 1.165) is 50.8 Å². The number of nitrogens with zero attached hydrogens (tertiary/aromatic N) is 2. The highest BCUT2D eigenvalue weighted by molar-refractivity contribution is 5.80. The minimum Gasteiger partial charge on any atom is -0.508 e. The number of phenols is 1. The lowest BCUT2D eigenvalue weighted by atomic mass is 10.0. The number of aromatic hydroxyl groups is 1. The van der Waals surface area contributed by atoms with Crippen LogP contribution in [0.5, 0.6) is 5.75 Å². The van der Waals surface area contributed by atoms with Crippen LogP contribution in [0.3, 0.4) is 0 Å². The molecule has 0 aliphatic heterocycles. The molecule has 0 aliphatic rings. The predicted molar refractivity (Wildman–Crippen MR) is 174 cm³/mol. The summed E-state index contributed by atoms with van der Waals surface area (Å²) in [6, 6.07) is 53.4. The van der Waals surface area contributed by atoms with E-state index in [2.05, 4.69) is 119 Å². The zero-order valence-electron chi connectivity index (χ0n) is 23.2. The molecule has 6 rings (SSSR count). The normalized spacial score (nSPS) is 10.8. The molecule has 0 unspecified atom stereocenters. The van der Waals surface area contributed by atoms with Gasteiger partial charge in [-0.05, 0) is 108 Å². The second-order valence-corrected chi connectivity index (χ2v) is 10.1. The zero-order valence-corrected chi connectivity index (χ0v) is 23.2. The Morgan fingerprint density at radius 1 is 0.381 bits per heavy atom. The Morgan fingerprint density at radius 3 is 1.10 bits per heavy atom. The Labute approximate surface area is 247 Å². The molecule has 0 heterocycles. The molecule has 0 bridgehead atoms. The molecule has 0 spiro atoms. The maximum atomic E-state index is 9.83. The Kier molecular flexibility index (Phi) is 7.98. The summed E-state index contributed by atoms with van der Waals surface area (Å²) in [5.41, 5.74) is 9.65. The SMILES string of the molecule is OCCc1ccc(N(c2ccccc2)c2ccc(-c3ccc(N(c4ccccc4)c4ccc(O)cc4)cc3)cc2)cc1. The van der Waals surface area contributed by atoms with Crippen molar-refractivity contribution in [2.45, 2.75) is 6.42 Å². The quantitative estimate of drug-likeness (QED) is 0.189. The number of para-hydroxylation sites is 2. The topological polar surface area (TPSA) is 46.9 Å². The predicted octanol–water partition coefficient (Wildman–Crippen LogP) is 9.53. The van der Waals surface area contributed by atoms with Gasteiger partial charge in [0.05, 0.1) is 0 Å². The van der Waals surface area contributed by atoms with E-state index in [0.29, 0.717) is 6.42 Å². The molecule has 6 aromatic carbocycles. The van der Waals surface area contributed by atoms with Crippen molar-refractivity contribution in [3.8, 4) is 16.9 Å². The third-order valence-electron chi connectivity index (χ3n) is 7.32. The lowest BCUT2D eigenvalue weighted by Crippen LogP contribution is -2.10. The highest BCUT2D eigenvalue weighted by Crippen LogP contribution is 2.38. The van der Waals surface area contributed by atoms with Gasteiger partial charge in [0.15, 0.2) is 0 Å². The van der Waals surface area contributed by atoms with Crippen LogP contribution < -0.4 is 9.80 Å². The molecule has 0 amide bonds. The molecule has 0 saturated heterocycles. The number of hydrogen-bond acceptors (Lipinski definition) is 4. The largest absolute Gasteiger partial charge is 0.508 e. The summed E-state index contributed by atoms with van der Waals surface area (Å²) < 4.78 is 0. The molecular formula is C38H32N2O2. The van der Waals surface area contributed by atoms with Crippen LogP contribution in [0.25, 0.3) is 11.1 Å². The maximum Gasteiger partial charge on any atom is 0.115 e. The molecule has 0 aromatic heterocycles. The number of anilines is 6. The van der Waals surface area contributed by atoms with Gasteiger partial charge in [-0.25, -0.2) is 0 Å². The third kappa shape index (κ3) is 5.90. The van der Waals surface area contributed by atoms with Crippen molar-refractivity contribution in [1.29, 1.82) is 0 Å². The summed E-state index contributed by atoms with van der Waals surface area (Å²) >= 11 is 0. The van der Waals surface area contributed by atoms with Crippen LogP contribution in [0, 0.1) is 0 Å². The minimum absolute atomic E-state index is 0.144. The average Bonchev–Trinajstić information content (AvgIpc) is 3.05. The first-order valence-corrected chi connectivity index (χ1v) is 14.1. The van der Waals surface area contributed by atoms with E-state index in [-0.39, 0.29) is 12.4 Å². The minimum atomic E-state index is 0.144. The van der Waals surface area contributed by atoms with Crippen molar-refractivity contribution in [2.75, 3.05) is 16.4 Å². The van der Waals surface area contributed by atoms with E-state index < -0.39 is 0 Å². The van der Waals surface area contributed by atoms with E-state index in [4.69, 9.17) is 0 Å². The summed E-state index contributed by atoms with van der Waals surface area (Å²) in [6.07, 6.45) is 0.650. The standard InChI is InChI=1S/C38H32N2O2/c41-28-27-29-11-17-34(18-12-29)39(32-7-3-1-4-8-32)35-19-13-30(14-20-35)31-15-21-36(22-16-31)40(33-9-5-2-6-10-33)37-23-25-38(42)26-24-37/h1-26,41-42H,27-28H2. The van der Waals surface area contributed by atoms with Crippen LogP contribution in [-0.2, 0) is 6.42 Å². The Hall–Kier alpha value is -5.32.